The van der Waals surface area contributed by atoms with Crippen LogP contribution in [0.1, 0.15) is 17.5 Å². The van der Waals surface area contributed by atoms with Crippen LogP contribution in [-0.4, -0.2) is 37.0 Å². The van der Waals surface area contributed by atoms with Crippen molar-refractivity contribution in [2.45, 2.75) is 13.3 Å². The molecular weight excluding hydrogens is 254 g/mol. The van der Waals surface area contributed by atoms with Crippen LogP contribution in [0.4, 0.5) is 0 Å². The number of hydrogen-bond donors (Lipinski definition) is 0. The monoisotopic (exact) mass is 273 g/mol. The van der Waals surface area contributed by atoms with E-state index >= 15 is 0 Å². The molecule has 1 saturated heterocycles. The summed E-state index contributed by atoms with van der Waals surface area (Å²) in [6, 6.07) is 7.95. The number of ether oxygens (including phenoxy) is 1. The number of nitrogens with zero attached hydrogens (tertiary/aromatic N) is 1. The van der Waals surface area contributed by atoms with Gasteiger partial charge in [0.25, 0.3) is 0 Å². The number of methoxy groups -OCH3 is 1. The van der Waals surface area contributed by atoms with Crippen LogP contribution in [0.15, 0.2) is 30.3 Å². The molecule has 0 aliphatic carbocycles. The Kier molecular flexibility index (Phi) is 4.56. The minimum Gasteiger partial charge on any atom is -0.469 e. The van der Waals surface area contributed by atoms with E-state index in [0.29, 0.717) is 19.5 Å². The lowest BCUT2D eigenvalue weighted by Gasteiger charge is -2.13. The van der Waals surface area contributed by atoms with Crippen LogP contribution in [0, 0.1) is 12.8 Å². The molecular formula is C16H19NO3. The van der Waals surface area contributed by atoms with Crippen molar-refractivity contribution in [3.05, 3.63) is 41.5 Å². The molecule has 4 heteroatoms. The van der Waals surface area contributed by atoms with Crippen LogP contribution in [0.5, 0.6) is 0 Å². The fraction of sp³-hybridized carbons (Fsp3) is 0.375. The quantitative estimate of drug-likeness (QED) is 0.625. The van der Waals surface area contributed by atoms with E-state index in [2.05, 4.69) is 0 Å². The molecule has 1 heterocycles. The molecule has 0 bridgehead atoms. The summed E-state index contributed by atoms with van der Waals surface area (Å²) in [5.41, 5.74) is 2.16. The van der Waals surface area contributed by atoms with Crippen molar-refractivity contribution >= 4 is 18.0 Å². The first-order valence-corrected chi connectivity index (χ1v) is 6.71. The first kappa shape index (κ1) is 14.3. The molecule has 1 aliphatic heterocycles. The number of hydrogen-bond acceptors (Lipinski definition) is 3. The molecule has 1 aliphatic rings. The highest BCUT2D eigenvalue weighted by atomic mass is 16.5. The van der Waals surface area contributed by atoms with Gasteiger partial charge in [0.15, 0.2) is 0 Å². The van der Waals surface area contributed by atoms with E-state index in [9.17, 15) is 9.59 Å². The summed E-state index contributed by atoms with van der Waals surface area (Å²) in [6.45, 7) is 3.07. The second-order valence-electron chi connectivity index (χ2n) is 5.04. The molecule has 1 unspecified atom stereocenters. The third-order valence-corrected chi connectivity index (χ3v) is 3.49. The Balaban J connectivity index is 1.94. The van der Waals surface area contributed by atoms with Gasteiger partial charge in [-0.25, -0.2) is 0 Å². The fourth-order valence-corrected chi connectivity index (χ4v) is 2.37. The van der Waals surface area contributed by atoms with Crippen molar-refractivity contribution in [3.63, 3.8) is 0 Å². The van der Waals surface area contributed by atoms with Gasteiger partial charge in [0.05, 0.1) is 13.0 Å². The zero-order chi connectivity index (χ0) is 14.5. The summed E-state index contributed by atoms with van der Waals surface area (Å²) in [5.74, 6) is -0.475. The Bertz CT molecular complexity index is 536. The van der Waals surface area contributed by atoms with E-state index in [1.54, 1.807) is 17.1 Å². The number of likely N-dealkylation sites (tertiary alicyclic amines) is 1. The smallest absolute Gasteiger partial charge is 0.310 e. The van der Waals surface area contributed by atoms with Gasteiger partial charge in [-0.2, -0.15) is 0 Å². The summed E-state index contributed by atoms with van der Waals surface area (Å²) in [5, 5.41) is 0. The number of aryl methyl sites for hydroxylation is 1. The van der Waals surface area contributed by atoms with Gasteiger partial charge in [-0.15, -0.1) is 0 Å². The third kappa shape index (κ3) is 3.47. The van der Waals surface area contributed by atoms with Gasteiger partial charge in [0, 0.05) is 19.2 Å². The molecule has 106 valence electrons. The van der Waals surface area contributed by atoms with Crippen molar-refractivity contribution in [2.75, 3.05) is 20.2 Å². The zero-order valence-corrected chi connectivity index (χ0v) is 11.8. The van der Waals surface area contributed by atoms with E-state index in [0.717, 1.165) is 11.1 Å². The number of benzene rings is 1. The van der Waals surface area contributed by atoms with Crippen LogP contribution in [0.3, 0.4) is 0 Å². The fourth-order valence-electron chi connectivity index (χ4n) is 2.37. The number of esters is 1. The van der Waals surface area contributed by atoms with Crippen molar-refractivity contribution in [1.82, 2.24) is 4.90 Å². The van der Waals surface area contributed by atoms with Gasteiger partial charge in [0.1, 0.15) is 0 Å². The molecule has 0 radical (unpaired) electrons. The Morgan fingerprint density at radius 3 is 2.90 bits per heavy atom. The summed E-state index contributed by atoms with van der Waals surface area (Å²) in [4.78, 5) is 25.2. The van der Waals surface area contributed by atoms with E-state index in [1.165, 1.54) is 7.11 Å². The molecule has 0 aromatic heterocycles. The van der Waals surface area contributed by atoms with Crippen molar-refractivity contribution in [1.29, 1.82) is 0 Å². The SMILES string of the molecule is COC(=O)C1CCN(C(=O)/C=C/c2cccc(C)c2)C1. The second kappa shape index (κ2) is 6.37. The van der Waals surface area contributed by atoms with Crippen LogP contribution in [0.2, 0.25) is 0 Å². The Morgan fingerprint density at radius 2 is 2.20 bits per heavy atom. The maximum absolute atomic E-state index is 12.0. The van der Waals surface area contributed by atoms with Crippen LogP contribution in [0.25, 0.3) is 6.08 Å². The van der Waals surface area contributed by atoms with Gasteiger partial charge in [0.2, 0.25) is 5.91 Å². The Morgan fingerprint density at radius 1 is 1.40 bits per heavy atom. The van der Waals surface area contributed by atoms with Gasteiger partial charge in [-0.05, 0) is 25.0 Å². The summed E-state index contributed by atoms with van der Waals surface area (Å²) in [7, 11) is 1.38. The normalized spacial score (nSPS) is 18.5. The van der Waals surface area contributed by atoms with Crippen LogP contribution in [-0.2, 0) is 14.3 Å². The van der Waals surface area contributed by atoms with Crippen LogP contribution >= 0.6 is 0 Å². The Labute approximate surface area is 119 Å². The van der Waals surface area contributed by atoms with Crippen molar-refractivity contribution < 1.29 is 14.3 Å². The predicted molar refractivity (Wildman–Crippen MR) is 76.9 cm³/mol. The lowest BCUT2D eigenvalue weighted by molar-refractivity contribution is -0.145. The average molecular weight is 273 g/mol. The molecule has 20 heavy (non-hydrogen) atoms. The van der Waals surface area contributed by atoms with E-state index in [1.807, 2.05) is 31.2 Å². The van der Waals surface area contributed by atoms with Gasteiger partial charge < -0.3 is 9.64 Å². The number of carbonyl (C=O) groups is 2. The molecule has 0 saturated carbocycles. The molecule has 1 aromatic rings. The van der Waals surface area contributed by atoms with E-state index in [4.69, 9.17) is 4.74 Å². The van der Waals surface area contributed by atoms with Crippen molar-refractivity contribution in [2.24, 2.45) is 5.92 Å². The number of carbonyl (C=O) groups excluding carboxylic acids is 2. The first-order chi connectivity index (χ1) is 9.60. The summed E-state index contributed by atoms with van der Waals surface area (Å²) >= 11 is 0. The average Bonchev–Trinajstić information content (AvgIpc) is 2.94. The molecule has 1 fully saturated rings. The van der Waals surface area contributed by atoms with Crippen LogP contribution < -0.4 is 0 Å². The standard InChI is InChI=1S/C16H19NO3/c1-12-4-3-5-13(10-12)6-7-15(18)17-9-8-14(11-17)16(19)20-2/h3-7,10,14H,8-9,11H2,1-2H3/b7-6+. The summed E-state index contributed by atoms with van der Waals surface area (Å²) in [6.07, 6.45) is 4.05. The van der Waals surface area contributed by atoms with E-state index < -0.39 is 0 Å². The number of amides is 1. The molecule has 0 N–H and O–H groups in total. The van der Waals surface area contributed by atoms with E-state index in [-0.39, 0.29) is 17.8 Å². The highest BCUT2D eigenvalue weighted by Gasteiger charge is 2.30. The second-order valence-corrected chi connectivity index (χ2v) is 5.04. The highest BCUT2D eigenvalue weighted by Crippen LogP contribution is 2.18. The maximum Gasteiger partial charge on any atom is 0.310 e. The summed E-state index contributed by atoms with van der Waals surface area (Å²) < 4.78 is 4.71. The highest BCUT2D eigenvalue weighted by molar-refractivity contribution is 5.92. The third-order valence-electron chi connectivity index (χ3n) is 3.49. The largest absolute Gasteiger partial charge is 0.469 e. The molecule has 2 rings (SSSR count). The lowest BCUT2D eigenvalue weighted by atomic mass is 10.1. The lowest BCUT2D eigenvalue weighted by Crippen LogP contribution is -2.28. The van der Waals surface area contributed by atoms with Gasteiger partial charge in [-0.1, -0.05) is 29.8 Å². The molecule has 4 nitrogen and oxygen atoms in total. The number of rotatable bonds is 3. The van der Waals surface area contributed by atoms with Crippen molar-refractivity contribution in [3.8, 4) is 0 Å². The topological polar surface area (TPSA) is 46.6 Å². The zero-order valence-electron chi connectivity index (χ0n) is 11.8. The molecule has 1 amide bonds. The molecule has 0 spiro atoms. The van der Waals surface area contributed by atoms with Gasteiger partial charge >= 0.3 is 5.97 Å². The maximum atomic E-state index is 12.0. The van der Waals surface area contributed by atoms with Gasteiger partial charge in [-0.3, -0.25) is 9.59 Å². The first-order valence-electron chi connectivity index (χ1n) is 6.71. The minimum atomic E-state index is -0.233. The molecule has 1 aromatic carbocycles. The Hall–Kier alpha value is -2.10. The molecule has 1 atom stereocenters. The minimum absolute atomic E-state index is 0.0575. The predicted octanol–water partition coefficient (Wildman–Crippen LogP) is 2.03.